The van der Waals surface area contributed by atoms with Crippen LogP contribution in [-0.4, -0.2) is 36.0 Å². The molecule has 4 rings (SSSR count). The van der Waals surface area contributed by atoms with Crippen LogP contribution in [0.5, 0.6) is 0 Å². The number of sulfonamides is 1. The van der Waals surface area contributed by atoms with Crippen LogP contribution in [0.1, 0.15) is 42.6 Å². The van der Waals surface area contributed by atoms with Gasteiger partial charge in [-0.05, 0) is 29.9 Å². The minimum Gasteiger partial charge on any atom is -0.376 e. The Labute approximate surface area is 174 Å². The molecule has 154 valence electrons. The van der Waals surface area contributed by atoms with Crippen LogP contribution in [0.3, 0.4) is 0 Å². The van der Waals surface area contributed by atoms with Gasteiger partial charge in [-0.1, -0.05) is 48.0 Å². The molecule has 0 aliphatic carbocycles. The zero-order chi connectivity index (χ0) is 20.1. The van der Waals surface area contributed by atoms with Crippen LogP contribution in [0, 0.1) is 0 Å². The molecular formula is C20H23N3O4S2. The lowest BCUT2D eigenvalue weighted by Crippen LogP contribution is -2.38. The molecule has 0 radical (unpaired) electrons. The second kappa shape index (κ2) is 9.17. The Hall–Kier alpha value is -2.07. The molecule has 2 aromatic heterocycles. The molecule has 29 heavy (non-hydrogen) atoms. The minimum absolute atomic E-state index is 0.346. The molecule has 1 aliphatic rings. The topological polar surface area (TPSA) is 85.5 Å². The lowest BCUT2D eigenvalue weighted by atomic mass is 10.1. The lowest BCUT2D eigenvalue weighted by molar-refractivity contribution is 0.122. The highest BCUT2D eigenvalue weighted by atomic mass is 32.2. The summed E-state index contributed by atoms with van der Waals surface area (Å²) in [7, 11) is -3.56. The van der Waals surface area contributed by atoms with E-state index in [1.807, 2.05) is 30.3 Å². The smallest absolute Gasteiger partial charge is 0.253 e. The van der Waals surface area contributed by atoms with Gasteiger partial charge in [0.2, 0.25) is 5.89 Å². The average Bonchev–Trinajstić information content (AvgIpc) is 3.45. The summed E-state index contributed by atoms with van der Waals surface area (Å²) in [5.74, 6) is 0.898. The van der Waals surface area contributed by atoms with Gasteiger partial charge in [-0.2, -0.15) is 9.29 Å². The summed E-state index contributed by atoms with van der Waals surface area (Å²) in [6.45, 7) is 1.46. The van der Waals surface area contributed by atoms with Crippen molar-refractivity contribution in [2.75, 3.05) is 13.2 Å². The third kappa shape index (κ3) is 4.75. The Morgan fingerprint density at radius 3 is 2.83 bits per heavy atom. The van der Waals surface area contributed by atoms with Crippen molar-refractivity contribution in [3.63, 3.8) is 0 Å². The van der Waals surface area contributed by atoms with Crippen LogP contribution in [0.25, 0.3) is 0 Å². The molecule has 0 N–H and O–H groups in total. The van der Waals surface area contributed by atoms with Gasteiger partial charge in [0, 0.05) is 13.0 Å². The van der Waals surface area contributed by atoms with Crippen LogP contribution >= 0.6 is 11.3 Å². The van der Waals surface area contributed by atoms with E-state index in [0.29, 0.717) is 48.5 Å². The van der Waals surface area contributed by atoms with Gasteiger partial charge in [-0.15, -0.1) is 11.3 Å². The summed E-state index contributed by atoms with van der Waals surface area (Å²) in [5.41, 5.74) is 1.11. The first-order valence-corrected chi connectivity index (χ1v) is 12.0. The summed E-state index contributed by atoms with van der Waals surface area (Å²) in [4.78, 5) is 4.46. The molecule has 3 aromatic rings. The van der Waals surface area contributed by atoms with Gasteiger partial charge in [0.1, 0.15) is 10.3 Å². The fourth-order valence-electron chi connectivity index (χ4n) is 3.40. The van der Waals surface area contributed by atoms with E-state index < -0.39 is 16.1 Å². The fourth-order valence-corrected chi connectivity index (χ4v) is 6.17. The highest BCUT2D eigenvalue weighted by Crippen LogP contribution is 2.35. The van der Waals surface area contributed by atoms with Crippen LogP contribution in [0.2, 0.25) is 0 Å². The number of piperidine rings is 1. The van der Waals surface area contributed by atoms with E-state index in [1.54, 1.807) is 17.5 Å². The predicted octanol–water partition coefficient (Wildman–Crippen LogP) is 3.81. The zero-order valence-corrected chi connectivity index (χ0v) is 17.6. The molecule has 3 heterocycles. The Morgan fingerprint density at radius 2 is 2.03 bits per heavy atom. The second-order valence-electron chi connectivity index (χ2n) is 6.90. The number of rotatable bonds is 8. The van der Waals surface area contributed by atoms with Crippen molar-refractivity contribution in [1.29, 1.82) is 0 Å². The first kappa shape index (κ1) is 20.2. The molecule has 1 aliphatic heterocycles. The fraction of sp³-hybridized carbons (Fsp3) is 0.400. The lowest BCUT2D eigenvalue weighted by Gasteiger charge is -2.31. The Balaban J connectivity index is 1.39. The number of aromatic nitrogens is 2. The summed E-state index contributed by atoms with van der Waals surface area (Å²) in [6, 6.07) is 12.9. The Morgan fingerprint density at radius 1 is 1.17 bits per heavy atom. The third-order valence-electron chi connectivity index (χ3n) is 4.86. The molecule has 0 bridgehead atoms. The van der Waals surface area contributed by atoms with Crippen LogP contribution in [-0.2, 0) is 27.8 Å². The maximum Gasteiger partial charge on any atom is 0.253 e. The van der Waals surface area contributed by atoms with Gasteiger partial charge in [0.05, 0.1) is 13.2 Å². The molecule has 1 fully saturated rings. The highest BCUT2D eigenvalue weighted by molar-refractivity contribution is 7.91. The molecule has 1 atom stereocenters. The van der Waals surface area contributed by atoms with E-state index >= 15 is 0 Å². The largest absolute Gasteiger partial charge is 0.376 e. The highest BCUT2D eigenvalue weighted by Gasteiger charge is 2.38. The number of thiophene rings is 1. The van der Waals surface area contributed by atoms with Crippen molar-refractivity contribution in [2.24, 2.45) is 0 Å². The third-order valence-corrected chi connectivity index (χ3v) is 8.14. The predicted molar refractivity (Wildman–Crippen MR) is 109 cm³/mol. The van der Waals surface area contributed by atoms with Crippen molar-refractivity contribution in [3.05, 3.63) is 65.1 Å². The maximum absolute atomic E-state index is 13.0. The van der Waals surface area contributed by atoms with Crippen molar-refractivity contribution in [3.8, 4) is 0 Å². The molecule has 0 spiro atoms. The molecule has 0 amide bonds. The van der Waals surface area contributed by atoms with Crippen molar-refractivity contribution >= 4 is 21.4 Å². The summed E-state index contributed by atoms with van der Waals surface area (Å²) in [5, 5.41) is 5.80. The Bertz CT molecular complexity index is 1000. The van der Waals surface area contributed by atoms with Gasteiger partial charge in [-0.3, -0.25) is 0 Å². The summed E-state index contributed by atoms with van der Waals surface area (Å²) in [6.07, 6.45) is 2.95. The van der Waals surface area contributed by atoms with Crippen LogP contribution in [0.4, 0.5) is 0 Å². The molecule has 0 saturated carbocycles. The molecular weight excluding hydrogens is 410 g/mol. The molecule has 9 heteroatoms. The van der Waals surface area contributed by atoms with E-state index in [2.05, 4.69) is 10.1 Å². The zero-order valence-electron chi connectivity index (χ0n) is 15.9. The van der Waals surface area contributed by atoms with Gasteiger partial charge < -0.3 is 9.26 Å². The standard InChI is InChI=1S/C20H23N3O4S2/c24-29(25,19-10-6-14-28-19)23-12-5-4-9-17(23)20-21-18(22-27-20)11-13-26-15-16-7-2-1-3-8-16/h1-3,6-8,10,14,17H,4-5,9,11-13,15H2. The van der Waals surface area contributed by atoms with Crippen molar-refractivity contribution < 1.29 is 17.7 Å². The van der Waals surface area contributed by atoms with Crippen molar-refractivity contribution in [1.82, 2.24) is 14.4 Å². The SMILES string of the molecule is O=S(=O)(c1cccs1)N1CCCCC1c1nc(CCOCc2ccccc2)no1. The second-order valence-corrected chi connectivity index (χ2v) is 9.96. The first-order chi connectivity index (χ1) is 14.1. The maximum atomic E-state index is 13.0. The summed E-state index contributed by atoms with van der Waals surface area (Å²) >= 11 is 1.22. The quantitative estimate of drug-likeness (QED) is 0.502. The molecule has 1 saturated heterocycles. The normalized spacial score (nSPS) is 18.1. The number of hydrogen-bond acceptors (Lipinski definition) is 7. The number of nitrogens with zero attached hydrogens (tertiary/aromatic N) is 3. The van der Waals surface area contributed by atoms with Crippen LogP contribution < -0.4 is 0 Å². The first-order valence-electron chi connectivity index (χ1n) is 9.64. The minimum atomic E-state index is -3.56. The van der Waals surface area contributed by atoms with Gasteiger partial charge in [0.15, 0.2) is 5.82 Å². The van der Waals surface area contributed by atoms with Crippen molar-refractivity contribution in [2.45, 2.75) is 42.5 Å². The van der Waals surface area contributed by atoms with E-state index in [-0.39, 0.29) is 0 Å². The van der Waals surface area contributed by atoms with E-state index in [1.165, 1.54) is 15.6 Å². The van der Waals surface area contributed by atoms with Gasteiger partial charge in [-0.25, -0.2) is 8.42 Å². The average molecular weight is 434 g/mol. The Kier molecular flexibility index (Phi) is 6.39. The summed E-state index contributed by atoms with van der Waals surface area (Å²) < 4.78 is 39.0. The molecule has 1 aromatic carbocycles. The molecule has 1 unspecified atom stereocenters. The van der Waals surface area contributed by atoms with Crippen LogP contribution in [0.15, 0.2) is 56.6 Å². The number of benzene rings is 1. The van der Waals surface area contributed by atoms with Gasteiger partial charge in [0.25, 0.3) is 10.0 Å². The van der Waals surface area contributed by atoms with E-state index in [0.717, 1.165) is 18.4 Å². The number of hydrogen-bond donors (Lipinski definition) is 0. The van der Waals surface area contributed by atoms with E-state index in [9.17, 15) is 8.42 Å². The monoisotopic (exact) mass is 433 g/mol. The van der Waals surface area contributed by atoms with E-state index in [4.69, 9.17) is 9.26 Å². The van der Waals surface area contributed by atoms with Gasteiger partial charge >= 0.3 is 0 Å². The molecule has 7 nitrogen and oxygen atoms in total. The number of ether oxygens (including phenoxy) is 1.